The van der Waals surface area contributed by atoms with Crippen LogP contribution in [0.2, 0.25) is 0 Å². The molecule has 0 atom stereocenters. The van der Waals surface area contributed by atoms with Crippen molar-refractivity contribution in [2.75, 3.05) is 0 Å². The second-order valence-electron chi connectivity index (χ2n) is 7.63. The number of aryl methyl sites for hydroxylation is 2. The molecule has 0 radical (unpaired) electrons. The number of fused-ring (bicyclic) bond motifs is 3. The third kappa shape index (κ3) is 4.06. The summed E-state index contributed by atoms with van der Waals surface area (Å²) in [5.41, 5.74) is 2.05. The highest BCUT2D eigenvalue weighted by Crippen LogP contribution is 2.41. The Balaban J connectivity index is 1.81. The fraction of sp³-hybridized carbons (Fsp3) is 0.250. The first kappa shape index (κ1) is 22.2. The van der Waals surface area contributed by atoms with Crippen LogP contribution < -0.4 is 4.74 Å². The molecule has 168 valence electrons. The van der Waals surface area contributed by atoms with Gasteiger partial charge in [0.15, 0.2) is 11.6 Å². The van der Waals surface area contributed by atoms with Gasteiger partial charge >= 0.3 is 6.36 Å². The molecular weight excluding hydrogens is 437 g/mol. The summed E-state index contributed by atoms with van der Waals surface area (Å²) in [6.07, 6.45) is -2.73. The number of rotatable bonds is 4. The predicted octanol–water partition coefficient (Wildman–Crippen LogP) is 7.53. The van der Waals surface area contributed by atoms with E-state index < -0.39 is 46.5 Å². The largest absolute Gasteiger partial charge is 0.573 e. The smallest absolute Gasteiger partial charge is 0.399 e. The first-order chi connectivity index (χ1) is 15.1. The van der Waals surface area contributed by atoms with Crippen LogP contribution in [0.5, 0.6) is 5.75 Å². The number of hydrogen-bond acceptors (Lipinski definition) is 1. The highest BCUT2D eigenvalue weighted by molar-refractivity contribution is 5.78. The van der Waals surface area contributed by atoms with Gasteiger partial charge in [0.1, 0.15) is 11.6 Å². The molecule has 0 saturated heterocycles. The van der Waals surface area contributed by atoms with Crippen molar-refractivity contribution < 1.29 is 35.5 Å². The zero-order valence-electron chi connectivity index (χ0n) is 16.8. The van der Waals surface area contributed by atoms with E-state index >= 15 is 4.39 Å². The highest BCUT2D eigenvalue weighted by Gasteiger charge is 2.34. The molecule has 0 aliphatic heterocycles. The van der Waals surface area contributed by atoms with Gasteiger partial charge in [-0.2, -0.15) is 0 Å². The molecule has 32 heavy (non-hydrogen) atoms. The highest BCUT2D eigenvalue weighted by atomic mass is 19.4. The van der Waals surface area contributed by atoms with Crippen LogP contribution in [0.1, 0.15) is 30.0 Å². The number of hydrogen-bond donors (Lipinski definition) is 0. The summed E-state index contributed by atoms with van der Waals surface area (Å²) in [6.45, 7) is 2.05. The normalized spacial score (nSPS) is 13.0. The molecule has 1 aliphatic carbocycles. The summed E-state index contributed by atoms with van der Waals surface area (Å²) in [6, 6.07) is 7.65. The van der Waals surface area contributed by atoms with E-state index in [0.717, 1.165) is 30.0 Å². The molecular formula is C24H17F7O. The maximum Gasteiger partial charge on any atom is 0.573 e. The van der Waals surface area contributed by atoms with Gasteiger partial charge in [-0.3, -0.25) is 0 Å². The molecule has 3 aromatic rings. The monoisotopic (exact) mass is 454 g/mol. The van der Waals surface area contributed by atoms with Gasteiger partial charge < -0.3 is 4.74 Å². The standard InChI is InChI=1S/C24H17F7O/c1-2-3-12-4-6-15-13(8-12)5-7-16-17(15)11-18(25)21(22(16)28)14-9-19(26)23(20(27)10-14)32-24(29,30)31/h4,6,8-11H,2-3,5,7H2,1H3. The first-order valence-corrected chi connectivity index (χ1v) is 9.97. The predicted molar refractivity (Wildman–Crippen MR) is 105 cm³/mol. The minimum Gasteiger partial charge on any atom is -0.399 e. The fourth-order valence-corrected chi connectivity index (χ4v) is 4.15. The fourth-order valence-electron chi connectivity index (χ4n) is 4.15. The van der Waals surface area contributed by atoms with Gasteiger partial charge in [0, 0.05) is 0 Å². The molecule has 0 aromatic heterocycles. The van der Waals surface area contributed by atoms with Crippen molar-refractivity contribution in [2.24, 2.45) is 0 Å². The van der Waals surface area contributed by atoms with Gasteiger partial charge in [-0.15, -0.1) is 13.2 Å². The molecule has 0 heterocycles. The molecule has 1 aliphatic rings. The van der Waals surface area contributed by atoms with Crippen molar-refractivity contribution in [1.82, 2.24) is 0 Å². The van der Waals surface area contributed by atoms with Gasteiger partial charge in [-0.05, 0) is 70.8 Å². The van der Waals surface area contributed by atoms with Crippen molar-refractivity contribution >= 4 is 0 Å². The summed E-state index contributed by atoms with van der Waals surface area (Å²) >= 11 is 0. The molecule has 0 bridgehead atoms. The van der Waals surface area contributed by atoms with Crippen LogP contribution in [-0.4, -0.2) is 6.36 Å². The Morgan fingerprint density at radius 3 is 2.16 bits per heavy atom. The summed E-state index contributed by atoms with van der Waals surface area (Å²) in [7, 11) is 0. The van der Waals surface area contributed by atoms with Crippen LogP contribution in [0.3, 0.4) is 0 Å². The van der Waals surface area contributed by atoms with Gasteiger partial charge in [0.05, 0.1) is 5.56 Å². The Kier molecular flexibility index (Phi) is 5.65. The van der Waals surface area contributed by atoms with Gasteiger partial charge in [-0.1, -0.05) is 31.5 Å². The minimum atomic E-state index is -5.32. The topological polar surface area (TPSA) is 9.23 Å². The van der Waals surface area contributed by atoms with Crippen LogP contribution in [-0.2, 0) is 19.3 Å². The molecule has 0 spiro atoms. The lowest BCUT2D eigenvalue weighted by molar-refractivity contribution is -0.276. The SMILES string of the molecule is CCCc1ccc2c(c1)CCc1c-2cc(F)c(-c2cc(F)c(OC(F)(F)F)c(F)c2)c1F. The second-order valence-corrected chi connectivity index (χ2v) is 7.63. The maximum absolute atomic E-state index is 15.3. The Bertz CT molecular complexity index is 1170. The van der Waals surface area contributed by atoms with Crippen molar-refractivity contribution in [3.63, 3.8) is 0 Å². The zero-order chi connectivity index (χ0) is 23.2. The van der Waals surface area contributed by atoms with Crippen molar-refractivity contribution in [3.8, 4) is 28.0 Å². The number of ether oxygens (including phenoxy) is 1. The molecule has 8 heteroatoms. The summed E-state index contributed by atoms with van der Waals surface area (Å²) in [5.74, 6) is -7.19. The van der Waals surface area contributed by atoms with Crippen LogP contribution in [0.15, 0.2) is 36.4 Å². The number of alkyl halides is 3. The third-order valence-corrected chi connectivity index (χ3v) is 5.47. The average molecular weight is 454 g/mol. The van der Waals surface area contributed by atoms with Crippen molar-refractivity contribution in [2.45, 2.75) is 39.0 Å². The lowest BCUT2D eigenvalue weighted by Crippen LogP contribution is -2.19. The summed E-state index contributed by atoms with van der Waals surface area (Å²) < 4.78 is 98.9. The van der Waals surface area contributed by atoms with Crippen LogP contribution >= 0.6 is 0 Å². The van der Waals surface area contributed by atoms with E-state index in [9.17, 15) is 26.3 Å². The Morgan fingerprint density at radius 1 is 0.844 bits per heavy atom. The van der Waals surface area contributed by atoms with Crippen LogP contribution in [0.4, 0.5) is 30.7 Å². The first-order valence-electron chi connectivity index (χ1n) is 9.97. The van der Waals surface area contributed by atoms with Crippen molar-refractivity contribution in [3.05, 3.63) is 76.4 Å². The maximum atomic E-state index is 15.3. The van der Waals surface area contributed by atoms with Crippen molar-refractivity contribution in [1.29, 1.82) is 0 Å². The van der Waals surface area contributed by atoms with E-state index in [1.54, 1.807) is 6.07 Å². The Morgan fingerprint density at radius 2 is 1.53 bits per heavy atom. The summed E-state index contributed by atoms with van der Waals surface area (Å²) in [4.78, 5) is 0. The van der Waals surface area contributed by atoms with E-state index in [1.807, 2.05) is 12.1 Å². The number of halogens is 7. The quantitative estimate of drug-likeness (QED) is 0.371. The summed E-state index contributed by atoms with van der Waals surface area (Å²) in [5, 5.41) is 0. The van der Waals surface area contributed by atoms with E-state index in [2.05, 4.69) is 11.7 Å². The van der Waals surface area contributed by atoms with Gasteiger partial charge in [0.2, 0.25) is 5.75 Å². The average Bonchev–Trinajstić information content (AvgIpc) is 2.70. The van der Waals surface area contributed by atoms with Gasteiger partial charge in [-0.25, -0.2) is 17.6 Å². The molecule has 0 fully saturated rings. The van der Waals surface area contributed by atoms with Crippen LogP contribution in [0, 0.1) is 23.3 Å². The number of benzene rings is 3. The molecule has 0 N–H and O–H groups in total. The van der Waals surface area contributed by atoms with Crippen LogP contribution in [0.25, 0.3) is 22.3 Å². The third-order valence-electron chi connectivity index (χ3n) is 5.47. The lowest BCUT2D eigenvalue weighted by atomic mass is 9.82. The molecule has 3 aromatic carbocycles. The Hall–Kier alpha value is -3.03. The van der Waals surface area contributed by atoms with E-state index in [1.165, 1.54) is 0 Å². The van der Waals surface area contributed by atoms with E-state index in [0.29, 0.717) is 29.7 Å². The molecule has 0 amide bonds. The molecule has 4 rings (SSSR count). The minimum absolute atomic E-state index is 0.188. The van der Waals surface area contributed by atoms with Gasteiger partial charge in [0.25, 0.3) is 0 Å². The molecule has 0 saturated carbocycles. The molecule has 0 unspecified atom stereocenters. The zero-order valence-corrected chi connectivity index (χ0v) is 16.8. The second kappa shape index (κ2) is 8.15. The van der Waals surface area contributed by atoms with E-state index in [4.69, 9.17) is 0 Å². The Labute approximate surface area is 179 Å². The lowest BCUT2D eigenvalue weighted by Gasteiger charge is -2.23. The molecule has 1 nitrogen and oxygen atoms in total. The van der Waals surface area contributed by atoms with E-state index in [-0.39, 0.29) is 12.0 Å².